The number of rotatable bonds is 6. The highest BCUT2D eigenvalue weighted by molar-refractivity contribution is 5.92. The van der Waals surface area contributed by atoms with Crippen molar-refractivity contribution >= 4 is 18.2 Å². The lowest BCUT2D eigenvalue weighted by Gasteiger charge is -2.27. The second kappa shape index (κ2) is 8.30. The van der Waals surface area contributed by atoms with E-state index in [-0.39, 0.29) is 11.5 Å². The molecule has 0 aliphatic heterocycles. The molecule has 2 N–H and O–H groups in total. The summed E-state index contributed by atoms with van der Waals surface area (Å²) in [5.41, 5.74) is -0.167. The van der Waals surface area contributed by atoms with Crippen LogP contribution in [0.4, 0.5) is 9.59 Å². The molecule has 0 aliphatic rings. The first-order valence-corrected chi connectivity index (χ1v) is 7.21. The van der Waals surface area contributed by atoms with E-state index in [4.69, 9.17) is 9.47 Å². The Balaban J connectivity index is 2.80. The smallest absolute Gasteiger partial charge is 0.420 e. The molecule has 0 saturated carbocycles. The van der Waals surface area contributed by atoms with Gasteiger partial charge in [0.25, 0.3) is 0 Å². The van der Waals surface area contributed by atoms with E-state index >= 15 is 0 Å². The van der Waals surface area contributed by atoms with Crippen molar-refractivity contribution in [2.75, 3.05) is 6.61 Å². The number of carboxylic acid groups (broad SMARTS) is 2. The van der Waals surface area contributed by atoms with Gasteiger partial charge in [0, 0.05) is 0 Å². The zero-order valence-electron chi connectivity index (χ0n) is 13.8. The standard InChI is InChI=1S/C16H21NO7/c1-16(2,3)24-15(22)17(14(20)21)12(13(18)19)10-23-9-11-7-5-4-6-8-11/h4-8,12H,9-10H2,1-3H3,(H,18,19)(H,20,21). The van der Waals surface area contributed by atoms with Gasteiger partial charge < -0.3 is 19.7 Å². The maximum absolute atomic E-state index is 12.0. The fourth-order valence-electron chi connectivity index (χ4n) is 1.77. The quantitative estimate of drug-likeness (QED) is 0.818. The minimum absolute atomic E-state index is 0.0897. The van der Waals surface area contributed by atoms with Crippen molar-refractivity contribution in [3.8, 4) is 0 Å². The van der Waals surface area contributed by atoms with E-state index < -0.39 is 36.4 Å². The molecule has 1 aromatic rings. The maximum atomic E-state index is 12.0. The fraction of sp³-hybridized carbons (Fsp3) is 0.438. The lowest BCUT2D eigenvalue weighted by molar-refractivity contribution is -0.145. The third-order valence-electron chi connectivity index (χ3n) is 2.78. The van der Waals surface area contributed by atoms with E-state index in [1.165, 1.54) is 0 Å². The van der Waals surface area contributed by atoms with Gasteiger partial charge in [-0.3, -0.25) is 0 Å². The zero-order chi connectivity index (χ0) is 18.3. The molecule has 24 heavy (non-hydrogen) atoms. The number of ether oxygens (including phenoxy) is 2. The molecule has 1 unspecified atom stereocenters. The number of carboxylic acids is 1. The summed E-state index contributed by atoms with van der Waals surface area (Å²) in [5, 5.41) is 18.4. The molecule has 8 heteroatoms. The molecule has 132 valence electrons. The number of carbonyl (C=O) groups excluding carboxylic acids is 1. The van der Waals surface area contributed by atoms with Crippen LogP contribution < -0.4 is 0 Å². The minimum atomic E-state index is -1.72. The zero-order valence-corrected chi connectivity index (χ0v) is 13.8. The summed E-state index contributed by atoms with van der Waals surface area (Å²) in [6.45, 7) is 4.24. The predicted octanol–water partition coefficient (Wildman–Crippen LogP) is 2.57. The minimum Gasteiger partial charge on any atom is -0.480 e. The molecule has 0 saturated heterocycles. The number of benzene rings is 1. The second-order valence-electron chi connectivity index (χ2n) is 5.99. The maximum Gasteiger partial charge on any atom is 0.420 e. The van der Waals surface area contributed by atoms with Gasteiger partial charge >= 0.3 is 18.2 Å². The van der Waals surface area contributed by atoms with Crippen molar-refractivity contribution < 1.29 is 34.1 Å². The molecule has 0 aromatic heterocycles. The van der Waals surface area contributed by atoms with E-state index in [1.54, 1.807) is 45.0 Å². The van der Waals surface area contributed by atoms with Gasteiger partial charge in [-0.2, -0.15) is 4.90 Å². The first-order chi connectivity index (χ1) is 11.1. The second-order valence-corrected chi connectivity index (χ2v) is 5.99. The highest BCUT2D eigenvalue weighted by Crippen LogP contribution is 2.13. The van der Waals surface area contributed by atoms with Crippen LogP contribution in [0.1, 0.15) is 26.3 Å². The Bertz CT molecular complexity index is 580. The molecule has 1 atom stereocenters. The third-order valence-corrected chi connectivity index (χ3v) is 2.78. The summed E-state index contributed by atoms with van der Waals surface area (Å²) in [6, 6.07) is 7.24. The molecular weight excluding hydrogens is 318 g/mol. The average Bonchev–Trinajstić information content (AvgIpc) is 2.44. The highest BCUT2D eigenvalue weighted by Gasteiger charge is 2.38. The molecule has 0 aliphatic carbocycles. The van der Waals surface area contributed by atoms with E-state index in [1.807, 2.05) is 6.07 Å². The summed E-state index contributed by atoms with van der Waals surface area (Å²) in [6.07, 6.45) is -2.98. The van der Waals surface area contributed by atoms with Crippen LogP contribution >= 0.6 is 0 Å². The lowest BCUT2D eigenvalue weighted by atomic mass is 10.2. The Kier molecular flexibility index (Phi) is 6.72. The number of aliphatic carboxylic acids is 1. The van der Waals surface area contributed by atoms with Crippen molar-refractivity contribution in [1.82, 2.24) is 4.90 Å². The van der Waals surface area contributed by atoms with Crippen LogP contribution in [-0.4, -0.2) is 51.5 Å². The average molecular weight is 339 g/mol. The first-order valence-electron chi connectivity index (χ1n) is 7.21. The Morgan fingerprint density at radius 3 is 2.17 bits per heavy atom. The fourth-order valence-corrected chi connectivity index (χ4v) is 1.77. The molecule has 0 spiro atoms. The third kappa shape index (κ3) is 6.25. The molecule has 8 nitrogen and oxygen atoms in total. The molecule has 0 bridgehead atoms. The molecule has 0 heterocycles. The van der Waals surface area contributed by atoms with E-state index in [2.05, 4.69) is 0 Å². The number of hydrogen-bond donors (Lipinski definition) is 2. The highest BCUT2D eigenvalue weighted by atomic mass is 16.6. The van der Waals surface area contributed by atoms with Crippen molar-refractivity contribution in [2.45, 2.75) is 39.0 Å². The topological polar surface area (TPSA) is 113 Å². The Labute approximate surface area is 139 Å². The molecule has 0 fully saturated rings. The summed E-state index contributed by atoms with van der Waals surface area (Å²) in [5.74, 6) is -1.50. The Morgan fingerprint density at radius 2 is 1.71 bits per heavy atom. The number of carbonyl (C=O) groups is 3. The van der Waals surface area contributed by atoms with E-state index in [0.717, 1.165) is 5.56 Å². The van der Waals surface area contributed by atoms with E-state index in [0.29, 0.717) is 0 Å². The van der Waals surface area contributed by atoms with Crippen LogP contribution in [-0.2, 0) is 20.9 Å². The molecular formula is C16H21NO7. The largest absolute Gasteiger partial charge is 0.480 e. The molecule has 0 radical (unpaired) electrons. The van der Waals surface area contributed by atoms with Gasteiger partial charge in [-0.25, -0.2) is 14.4 Å². The van der Waals surface area contributed by atoms with Crippen LogP contribution in [0.5, 0.6) is 0 Å². The summed E-state index contributed by atoms with van der Waals surface area (Å²) in [4.78, 5) is 34.8. The van der Waals surface area contributed by atoms with Crippen LogP contribution in [0.3, 0.4) is 0 Å². The van der Waals surface area contributed by atoms with Gasteiger partial charge in [-0.1, -0.05) is 30.3 Å². The number of amides is 2. The summed E-state index contributed by atoms with van der Waals surface area (Å²) < 4.78 is 10.2. The van der Waals surface area contributed by atoms with Gasteiger partial charge in [0.2, 0.25) is 0 Å². The van der Waals surface area contributed by atoms with Gasteiger partial charge in [-0.15, -0.1) is 0 Å². The van der Waals surface area contributed by atoms with Gasteiger partial charge in [0.15, 0.2) is 6.04 Å². The SMILES string of the molecule is CC(C)(C)OC(=O)N(C(=O)O)C(COCc1ccccc1)C(=O)O. The monoisotopic (exact) mass is 339 g/mol. The van der Waals surface area contributed by atoms with Crippen LogP contribution in [0.25, 0.3) is 0 Å². The van der Waals surface area contributed by atoms with Crippen molar-refractivity contribution in [2.24, 2.45) is 0 Å². The van der Waals surface area contributed by atoms with Crippen molar-refractivity contribution in [1.29, 1.82) is 0 Å². The molecule has 1 rings (SSSR count). The molecule has 1 aromatic carbocycles. The summed E-state index contributed by atoms with van der Waals surface area (Å²) >= 11 is 0. The number of nitrogens with zero attached hydrogens (tertiary/aromatic N) is 1. The van der Waals surface area contributed by atoms with Gasteiger partial charge in [-0.05, 0) is 26.3 Å². The Hall–Kier alpha value is -2.61. The summed E-state index contributed by atoms with van der Waals surface area (Å²) in [7, 11) is 0. The lowest BCUT2D eigenvalue weighted by Crippen LogP contribution is -2.52. The normalized spacial score (nSPS) is 12.3. The number of imide groups is 1. The number of hydrogen-bond acceptors (Lipinski definition) is 5. The van der Waals surface area contributed by atoms with Crippen molar-refractivity contribution in [3.05, 3.63) is 35.9 Å². The Morgan fingerprint density at radius 1 is 1.12 bits per heavy atom. The molecule has 2 amide bonds. The predicted molar refractivity (Wildman–Crippen MR) is 83.6 cm³/mol. The van der Waals surface area contributed by atoms with Gasteiger partial charge in [0.1, 0.15) is 5.60 Å². The van der Waals surface area contributed by atoms with E-state index in [9.17, 15) is 24.6 Å². The van der Waals surface area contributed by atoms with Crippen molar-refractivity contribution in [3.63, 3.8) is 0 Å². The van der Waals surface area contributed by atoms with Crippen LogP contribution in [0.15, 0.2) is 30.3 Å². The first kappa shape index (κ1) is 19.4. The van der Waals surface area contributed by atoms with Crippen LogP contribution in [0.2, 0.25) is 0 Å². The van der Waals surface area contributed by atoms with Gasteiger partial charge in [0.05, 0.1) is 13.2 Å². The van der Waals surface area contributed by atoms with Crippen LogP contribution in [0, 0.1) is 0 Å².